The van der Waals surface area contributed by atoms with Crippen molar-refractivity contribution in [3.8, 4) is 11.4 Å². The standard InChI is InChI=1S/C26H21FN4O3/c1-34-22-9-5-8-21(14-22)31-24-23(29(17-28-24)15-19-10-12-20(27)13-11-19)25(32)30(26(31)33)16-18-6-3-2-4-7-18/h2-14,17H,15-16H2,1H3. The van der Waals surface area contributed by atoms with Crippen LogP contribution < -0.4 is 16.0 Å². The fourth-order valence-electron chi connectivity index (χ4n) is 3.97. The first-order chi connectivity index (χ1) is 16.5. The Bertz CT molecular complexity index is 1590. The van der Waals surface area contributed by atoms with Crippen LogP contribution in [-0.2, 0) is 13.1 Å². The fourth-order valence-corrected chi connectivity index (χ4v) is 3.97. The lowest BCUT2D eigenvalue weighted by molar-refractivity contribution is 0.414. The van der Waals surface area contributed by atoms with Crippen LogP contribution in [0.15, 0.2) is 94.8 Å². The average Bonchev–Trinajstić information content (AvgIpc) is 3.27. The molecule has 0 fully saturated rings. The third kappa shape index (κ3) is 3.90. The Balaban J connectivity index is 1.75. The van der Waals surface area contributed by atoms with E-state index in [0.717, 1.165) is 11.1 Å². The molecule has 7 nitrogen and oxygen atoms in total. The minimum absolute atomic E-state index is 0.111. The predicted molar refractivity (Wildman–Crippen MR) is 127 cm³/mol. The third-order valence-electron chi connectivity index (χ3n) is 5.66. The van der Waals surface area contributed by atoms with Gasteiger partial charge in [-0.2, -0.15) is 0 Å². The van der Waals surface area contributed by atoms with Gasteiger partial charge in [0.1, 0.15) is 11.6 Å². The Labute approximate surface area is 193 Å². The molecule has 2 heterocycles. The summed E-state index contributed by atoms with van der Waals surface area (Å²) < 4.78 is 23.0. The van der Waals surface area contributed by atoms with Crippen molar-refractivity contribution in [2.75, 3.05) is 7.11 Å². The molecule has 5 rings (SSSR count). The van der Waals surface area contributed by atoms with E-state index in [1.165, 1.54) is 27.6 Å². The smallest absolute Gasteiger partial charge is 0.337 e. The van der Waals surface area contributed by atoms with Crippen LogP contribution in [0.2, 0.25) is 0 Å². The van der Waals surface area contributed by atoms with Crippen LogP contribution in [0.1, 0.15) is 11.1 Å². The molecule has 0 amide bonds. The molecule has 0 aliphatic carbocycles. The molecule has 0 atom stereocenters. The van der Waals surface area contributed by atoms with Gasteiger partial charge in [0.2, 0.25) is 0 Å². The van der Waals surface area contributed by atoms with Gasteiger partial charge in [0.25, 0.3) is 5.56 Å². The molecule has 0 N–H and O–H groups in total. The van der Waals surface area contributed by atoms with E-state index in [2.05, 4.69) is 4.98 Å². The van der Waals surface area contributed by atoms with Gasteiger partial charge in [0.05, 0.1) is 25.7 Å². The Kier molecular flexibility index (Phi) is 5.55. The van der Waals surface area contributed by atoms with Gasteiger partial charge in [-0.05, 0) is 35.4 Å². The van der Waals surface area contributed by atoms with Gasteiger partial charge < -0.3 is 9.30 Å². The minimum atomic E-state index is -0.498. The van der Waals surface area contributed by atoms with E-state index in [4.69, 9.17) is 4.74 Å². The number of halogens is 1. The zero-order valence-electron chi connectivity index (χ0n) is 18.4. The SMILES string of the molecule is COc1cccc(-n2c(=O)n(Cc3ccccc3)c(=O)c3c2ncn3Cc2ccc(F)cc2)c1. The summed E-state index contributed by atoms with van der Waals surface area (Å²) in [6.07, 6.45) is 1.53. The Hall–Kier alpha value is -4.46. The second kappa shape index (κ2) is 8.82. The number of aromatic nitrogens is 4. The van der Waals surface area contributed by atoms with Gasteiger partial charge in [0.15, 0.2) is 11.2 Å². The molecule has 0 saturated heterocycles. The summed E-state index contributed by atoms with van der Waals surface area (Å²) in [4.78, 5) is 31.6. The molecule has 0 unspecified atom stereocenters. The maximum Gasteiger partial charge on any atom is 0.337 e. The average molecular weight is 456 g/mol. The Morgan fingerprint density at radius 2 is 1.62 bits per heavy atom. The quantitative estimate of drug-likeness (QED) is 0.392. The molecule has 0 aliphatic heterocycles. The second-order valence-electron chi connectivity index (χ2n) is 7.87. The van der Waals surface area contributed by atoms with Crippen molar-refractivity contribution in [2.45, 2.75) is 13.1 Å². The number of imidazole rings is 1. The van der Waals surface area contributed by atoms with E-state index in [0.29, 0.717) is 18.0 Å². The zero-order valence-corrected chi connectivity index (χ0v) is 18.4. The van der Waals surface area contributed by atoms with Gasteiger partial charge in [-0.3, -0.25) is 9.36 Å². The molecule has 2 aromatic heterocycles. The van der Waals surface area contributed by atoms with E-state index >= 15 is 0 Å². The second-order valence-corrected chi connectivity index (χ2v) is 7.87. The van der Waals surface area contributed by atoms with E-state index < -0.39 is 11.2 Å². The van der Waals surface area contributed by atoms with E-state index in [1.54, 1.807) is 48.1 Å². The molecular formula is C26H21FN4O3. The number of hydrogen-bond acceptors (Lipinski definition) is 4. The molecule has 0 radical (unpaired) electrons. The summed E-state index contributed by atoms with van der Waals surface area (Å²) in [7, 11) is 1.55. The molecule has 170 valence electrons. The van der Waals surface area contributed by atoms with Crippen molar-refractivity contribution in [3.63, 3.8) is 0 Å². The summed E-state index contributed by atoms with van der Waals surface area (Å²) >= 11 is 0. The molecule has 0 aliphatic rings. The first-order valence-corrected chi connectivity index (χ1v) is 10.7. The number of methoxy groups -OCH3 is 1. The van der Waals surface area contributed by atoms with Gasteiger partial charge in [-0.15, -0.1) is 0 Å². The fraction of sp³-hybridized carbons (Fsp3) is 0.115. The van der Waals surface area contributed by atoms with Crippen LogP contribution in [0.3, 0.4) is 0 Å². The van der Waals surface area contributed by atoms with Crippen molar-refractivity contribution >= 4 is 11.2 Å². The van der Waals surface area contributed by atoms with Crippen molar-refractivity contribution in [1.82, 2.24) is 18.7 Å². The molecule has 5 aromatic rings. The first-order valence-electron chi connectivity index (χ1n) is 10.7. The molecular weight excluding hydrogens is 435 g/mol. The number of nitrogens with zero attached hydrogens (tertiary/aromatic N) is 4. The number of hydrogen-bond donors (Lipinski definition) is 0. The summed E-state index contributed by atoms with van der Waals surface area (Å²) in [5.41, 5.74) is 1.74. The highest BCUT2D eigenvalue weighted by atomic mass is 19.1. The minimum Gasteiger partial charge on any atom is -0.497 e. The summed E-state index contributed by atoms with van der Waals surface area (Å²) in [6.45, 7) is 0.411. The van der Waals surface area contributed by atoms with Crippen molar-refractivity contribution < 1.29 is 9.13 Å². The van der Waals surface area contributed by atoms with E-state index in [-0.39, 0.29) is 23.5 Å². The molecule has 0 saturated carbocycles. The van der Waals surface area contributed by atoms with Crippen molar-refractivity contribution in [3.05, 3.63) is 123 Å². The lowest BCUT2D eigenvalue weighted by atomic mass is 10.2. The molecule has 34 heavy (non-hydrogen) atoms. The van der Waals surface area contributed by atoms with Crippen LogP contribution in [0.5, 0.6) is 5.75 Å². The molecule has 0 spiro atoms. The number of ether oxygens (including phenoxy) is 1. The van der Waals surface area contributed by atoms with Gasteiger partial charge in [-0.25, -0.2) is 18.7 Å². The van der Waals surface area contributed by atoms with Gasteiger partial charge >= 0.3 is 5.69 Å². The highest BCUT2D eigenvalue weighted by Gasteiger charge is 2.20. The van der Waals surface area contributed by atoms with Crippen molar-refractivity contribution in [2.24, 2.45) is 0 Å². The third-order valence-corrected chi connectivity index (χ3v) is 5.66. The highest BCUT2D eigenvalue weighted by molar-refractivity contribution is 5.72. The zero-order chi connectivity index (χ0) is 23.7. The van der Waals surface area contributed by atoms with Gasteiger partial charge in [-0.1, -0.05) is 48.5 Å². The monoisotopic (exact) mass is 456 g/mol. The molecule has 0 bridgehead atoms. The molecule has 8 heteroatoms. The van der Waals surface area contributed by atoms with Crippen LogP contribution in [0, 0.1) is 5.82 Å². The molecule has 3 aromatic carbocycles. The predicted octanol–water partition coefficient (Wildman–Crippen LogP) is 3.59. The van der Waals surface area contributed by atoms with Gasteiger partial charge in [0, 0.05) is 12.6 Å². The van der Waals surface area contributed by atoms with E-state index in [1.807, 2.05) is 30.3 Å². The summed E-state index contributed by atoms with van der Waals surface area (Å²) in [5.74, 6) is 0.237. The largest absolute Gasteiger partial charge is 0.497 e. The Morgan fingerprint density at radius 3 is 2.35 bits per heavy atom. The summed E-state index contributed by atoms with van der Waals surface area (Å²) in [5, 5.41) is 0. The normalized spacial score (nSPS) is 11.1. The highest BCUT2D eigenvalue weighted by Crippen LogP contribution is 2.19. The Morgan fingerprint density at radius 1 is 0.882 bits per heavy atom. The number of benzene rings is 3. The van der Waals surface area contributed by atoms with Crippen LogP contribution in [0.4, 0.5) is 4.39 Å². The van der Waals surface area contributed by atoms with Crippen LogP contribution in [0.25, 0.3) is 16.9 Å². The maximum atomic E-state index is 13.6. The van der Waals surface area contributed by atoms with Crippen LogP contribution >= 0.6 is 0 Å². The first kappa shape index (κ1) is 21.4. The lowest BCUT2D eigenvalue weighted by Crippen LogP contribution is -2.40. The lowest BCUT2D eigenvalue weighted by Gasteiger charge is -2.13. The van der Waals surface area contributed by atoms with Crippen LogP contribution in [-0.4, -0.2) is 25.8 Å². The number of rotatable bonds is 6. The summed E-state index contributed by atoms with van der Waals surface area (Å²) in [6, 6.07) is 22.4. The van der Waals surface area contributed by atoms with E-state index in [9.17, 15) is 14.0 Å². The number of fused-ring (bicyclic) bond motifs is 1. The topological polar surface area (TPSA) is 71.1 Å². The van der Waals surface area contributed by atoms with Crippen molar-refractivity contribution in [1.29, 1.82) is 0 Å². The maximum absolute atomic E-state index is 13.6.